The summed E-state index contributed by atoms with van der Waals surface area (Å²) in [6, 6.07) is 7.12. The van der Waals surface area contributed by atoms with Gasteiger partial charge in [0, 0.05) is 36.0 Å². The van der Waals surface area contributed by atoms with Gasteiger partial charge in [0.15, 0.2) is 5.82 Å². The van der Waals surface area contributed by atoms with Gasteiger partial charge >= 0.3 is 0 Å². The molecule has 2 heterocycles. The van der Waals surface area contributed by atoms with E-state index in [0.717, 1.165) is 38.2 Å². The van der Waals surface area contributed by atoms with Crippen LogP contribution in [0.1, 0.15) is 54.7 Å². The summed E-state index contributed by atoms with van der Waals surface area (Å²) in [4.78, 5) is 18.9. The van der Waals surface area contributed by atoms with Crippen LogP contribution in [0, 0.1) is 5.92 Å². The van der Waals surface area contributed by atoms with Crippen molar-refractivity contribution < 1.29 is 9.32 Å². The van der Waals surface area contributed by atoms with E-state index in [-0.39, 0.29) is 11.8 Å². The number of nitrogens with zero attached hydrogens (tertiary/aromatic N) is 3. The Balaban J connectivity index is 1.54. The number of benzene rings is 1. The zero-order chi connectivity index (χ0) is 17.1. The first kappa shape index (κ1) is 17.0. The van der Waals surface area contributed by atoms with Crippen molar-refractivity contribution in [3.05, 3.63) is 46.6 Å². The maximum Gasteiger partial charge on any atom is 0.253 e. The molecule has 0 radical (unpaired) electrons. The van der Waals surface area contributed by atoms with E-state index in [2.05, 4.69) is 24.0 Å². The molecule has 6 heteroatoms. The molecule has 0 saturated carbocycles. The number of halogens is 1. The van der Waals surface area contributed by atoms with Gasteiger partial charge in [-0.25, -0.2) is 0 Å². The molecular weight excluding hydrogens is 326 g/mol. The van der Waals surface area contributed by atoms with Gasteiger partial charge in [0.25, 0.3) is 5.91 Å². The quantitative estimate of drug-likeness (QED) is 0.840. The second-order valence-corrected chi connectivity index (χ2v) is 7.09. The lowest BCUT2D eigenvalue weighted by molar-refractivity contribution is 0.0687. The molecule has 0 N–H and O–H groups in total. The van der Waals surface area contributed by atoms with E-state index in [1.165, 1.54) is 0 Å². The molecule has 0 bridgehead atoms. The number of piperidine rings is 1. The predicted octanol–water partition coefficient (Wildman–Crippen LogP) is 3.94. The van der Waals surface area contributed by atoms with E-state index < -0.39 is 0 Å². The minimum absolute atomic E-state index is 0.0517. The maximum atomic E-state index is 12.5. The molecule has 0 spiro atoms. The lowest BCUT2D eigenvalue weighted by Crippen LogP contribution is -2.38. The zero-order valence-corrected chi connectivity index (χ0v) is 14.8. The van der Waals surface area contributed by atoms with E-state index in [9.17, 15) is 4.79 Å². The van der Waals surface area contributed by atoms with Gasteiger partial charge < -0.3 is 9.42 Å². The van der Waals surface area contributed by atoms with Gasteiger partial charge in [-0.05, 0) is 37.0 Å². The Labute approximate surface area is 147 Å². The van der Waals surface area contributed by atoms with Gasteiger partial charge in [0.05, 0.1) is 0 Å². The van der Waals surface area contributed by atoms with Crippen molar-refractivity contribution in [2.24, 2.45) is 5.92 Å². The van der Waals surface area contributed by atoms with Crippen LogP contribution in [-0.2, 0) is 6.42 Å². The summed E-state index contributed by atoms with van der Waals surface area (Å²) in [5.41, 5.74) is 0.652. The van der Waals surface area contributed by atoms with Crippen molar-refractivity contribution in [2.75, 3.05) is 13.1 Å². The van der Waals surface area contributed by atoms with Crippen LogP contribution in [0.5, 0.6) is 0 Å². The third kappa shape index (κ3) is 3.96. The summed E-state index contributed by atoms with van der Waals surface area (Å²) >= 11 is 5.97. The van der Waals surface area contributed by atoms with Crippen molar-refractivity contribution in [3.8, 4) is 0 Å². The number of hydrogen-bond acceptors (Lipinski definition) is 4. The van der Waals surface area contributed by atoms with E-state index in [1.54, 1.807) is 12.1 Å². The van der Waals surface area contributed by atoms with E-state index >= 15 is 0 Å². The molecule has 0 unspecified atom stereocenters. The Bertz CT molecular complexity index is 706. The number of likely N-dealkylation sites (tertiary alicyclic amines) is 1. The monoisotopic (exact) mass is 347 g/mol. The summed E-state index contributed by atoms with van der Waals surface area (Å²) in [7, 11) is 0. The number of carbonyl (C=O) groups is 1. The Morgan fingerprint density at radius 3 is 2.75 bits per heavy atom. The van der Waals surface area contributed by atoms with Crippen molar-refractivity contribution in [2.45, 2.75) is 39.0 Å². The van der Waals surface area contributed by atoms with Gasteiger partial charge in [-0.1, -0.05) is 36.7 Å². The van der Waals surface area contributed by atoms with E-state index in [1.807, 2.05) is 17.0 Å². The summed E-state index contributed by atoms with van der Waals surface area (Å²) in [5.74, 6) is 2.28. The molecule has 1 aromatic carbocycles. The Hall–Kier alpha value is -1.88. The molecule has 128 valence electrons. The van der Waals surface area contributed by atoms with Crippen LogP contribution in [0.2, 0.25) is 5.02 Å². The van der Waals surface area contributed by atoms with Crippen molar-refractivity contribution in [1.29, 1.82) is 0 Å². The number of hydrogen-bond donors (Lipinski definition) is 0. The fourth-order valence-corrected chi connectivity index (χ4v) is 3.17. The van der Waals surface area contributed by atoms with Crippen LogP contribution in [-0.4, -0.2) is 34.0 Å². The van der Waals surface area contributed by atoms with Crippen molar-refractivity contribution in [3.63, 3.8) is 0 Å². The molecule has 1 fully saturated rings. The minimum Gasteiger partial charge on any atom is -0.339 e. The fraction of sp³-hybridized carbons (Fsp3) is 0.500. The van der Waals surface area contributed by atoms with Crippen molar-refractivity contribution >= 4 is 17.5 Å². The third-order valence-corrected chi connectivity index (χ3v) is 4.67. The smallest absolute Gasteiger partial charge is 0.253 e. The molecule has 1 saturated heterocycles. The normalized spacial score (nSPS) is 15.9. The molecule has 24 heavy (non-hydrogen) atoms. The number of rotatable bonds is 4. The van der Waals surface area contributed by atoms with Gasteiger partial charge in [-0.15, -0.1) is 0 Å². The highest BCUT2D eigenvalue weighted by atomic mass is 35.5. The summed E-state index contributed by atoms with van der Waals surface area (Å²) < 4.78 is 5.33. The van der Waals surface area contributed by atoms with Gasteiger partial charge in [-0.2, -0.15) is 4.98 Å². The average Bonchev–Trinajstić information content (AvgIpc) is 3.04. The molecule has 5 nitrogen and oxygen atoms in total. The molecule has 1 aliphatic heterocycles. The van der Waals surface area contributed by atoms with Gasteiger partial charge in [0.1, 0.15) is 0 Å². The zero-order valence-electron chi connectivity index (χ0n) is 14.0. The third-order valence-electron chi connectivity index (χ3n) is 4.44. The lowest BCUT2D eigenvalue weighted by Gasteiger charge is -2.31. The highest BCUT2D eigenvalue weighted by Gasteiger charge is 2.25. The molecule has 3 rings (SSSR count). The first-order valence-corrected chi connectivity index (χ1v) is 8.78. The van der Waals surface area contributed by atoms with Crippen molar-refractivity contribution in [1.82, 2.24) is 15.0 Å². The maximum absolute atomic E-state index is 12.5. The van der Waals surface area contributed by atoms with Crippen LogP contribution in [0.25, 0.3) is 0 Å². The van der Waals surface area contributed by atoms with E-state index in [4.69, 9.17) is 16.1 Å². The Morgan fingerprint density at radius 1 is 1.38 bits per heavy atom. The molecule has 1 aromatic heterocycles. The standard InChI is InChI=1S/C18H22ClN3O2/c1-12(2)17-20-16(24-21-17)10-13-6-8-22(9-7-13)18(23)14-4-3-5-15(19)11-14/h3-5,11-13H,6-10H2,1-2H3. The first-order chi connectivity index (χ1) is 11.5. The number of carbonyl (C=O) groups excluding carboxylic acids is 1. The van der Waals surface area contributed by atoms with Crippen LogP contribution in [0.3, 0.4) is 0 Å². The summed E-state index contributed by atoms with van der Waals surface area (Å²) in [6.45, 7) is 5.60. The summed E-state index contributed by atoms with van der Waals surface area (Å²) in [6.07, 6.45) is 2.69. The molecule has 2 aromatic rings. The SMILES string of the molecule is CC(C)c1noc(CC2CCN(C(=O)c3cccc(Cl)c3)CC2)n1. The highest BCUT2D eigenvalue weighted by molar-refractivity contribution is 6.30. The molecule has 0 aliphatic carbocycles. The predicted molar refractivity (Wildman–Crippen MR) is 92.2 cm³/mol. The average molecular weight is 348 g/mol. The molecule has 1 aliphatic rings. The largest absolute Gasteiger partial charge is 0.339 e. The fourth-order valence-electron chi connectivity index (χ4n) is 2.98. The first-order valence-electron chi connectivity index (χ1n) is 8.40. The highest BCUT2D eigenvalue weighted by Crippen LogP contribution is 2.23. The molecule has 0 atom stereocenters. The second-order valence-electron chi connectivity index (χ2n) is 6.65. The minimum atomic E-state index is 0.0517. The van der Waals surface area contributed by atoms with Gasteiger partial charge in [-0.3, -0.25) is 4.79 Å². The second kappa shape index (κ2) is 7.34. The van der Waals surface area contributed by atoms with Crippen LogP contribution >= 0.6 is 11.6 Å². The van der Waals surface area contributed by atoms with E-state index in [0.29, 0.717) is 22.4 Å². The van der Waals surface area contributed by atoms with Gasteiger partial charge in [0.2, 0.25) is 5.89 Å². The van der Waals surface area contributed by atoms with Crippen LogP contribution < -0.4 is 0 Å². The Kier molecular flexibility index (Phi) is 5.19. The van der Waals surface area contributed by atoms with Crippen LogP contribution in [0.15, 0.2) is 28.8 Å². The lowest BCUT2D eigenvalue weighted by atomic mass is 9.93. The Morgan fingerprint density at radius 2 is 2.12 bits per heavy atom. The molecule has 1 amide bonds. The van der Waals surface area contributed by atoms with Crippen LogP contribution in [0.4, 0.5) is 0 Å². The number of aromatic nitrogens is 2. The number of amides is 1. The summed E-state index contributed by atoms with van der Waals surface area (Å²) in [5, 5.41) is 4.60. The topological polar surface area (TPSA) is 59.2 Å². The molecular formula is C18H22ClN3O2.